The van der Waals surface area contributed by atoms with Gasteiger partial charge in [0.25, 0.3) is 5.82 Å². The molecule has 0 saturated carbocycles. The Balaban J connectivity index is 0.000000251. The molecule has 1 N–H and O–H groups in total. The van der Waals surface area contributed by atoms with Crippen molar-refractivity contribution in [3.63, 3.8) is 0 Å². The monoisotopic (exact) mass is 764 g/mol. The summed E-state index contributed by atoms with van der Waals surface area (Å²) >= 11 is 29.1. The van der Waals surface area contributed by atoms with Crippen LogP contribution in [0.4, 0.5) is 22.0 Å². The average molecular weight is 767 g/mol. The number of hydrogen-bond acceptors (Lipinski definition) is 9. The van der Waals surface area contributed by atoms with Gasteiger partial charge in [-0.25, -0.2) is 27.6 Å². The molecular weight excluding hydrogens is 749 g/mol. The lowest BCUT2D eigenvalue weighted by Gasteiger charge is -2.13. The number of carbonyl (C=O) groups is 1. The van der Waals surface area contributed by atoms with Gasteiger partial charge in [-0.15, -0.1) is 5.10 Å². The zero-order chi connectivity index (χ0) is 34.3. The van der Waals surface area contributed by atoms with Gasteiger partial charge < -0.3 is 14.7 Å². The minimum Gasteiger partial charge on any atom is -0.475 e. The maximum Gasteiger partial charge on any atom is 0.435 e. The molecule has 4 rings (SSSR count). The molecule has 12 nitrogen and oxygen atoms in total. The number of alkyl halides is 8. The SMILES string of the molecule is Cn1nc(C(F)(F)F)c(CS(=O)(=O)C2=NOC(C)(C)C2)c1OC(F)F.O=C(O)c1nc(C(Cl)(Cl)Cl)n(-c2ccc(Cl)cc2Cl)n1. The first-order chi connectivity index (χ1) is 20.4. The molecule has 0 radical (unpaired) electrons. The number of carboxylic acid groups (broad SMARTS) is 1. The lowest BCUT2D eigenvalue weighted by molar-refractivity contribution is -0.142. The third kappa shape index (κ3) is 9.00. The zero-order valence-corrected chi connectivity index (χ0v) is 27.2. The molecule has 2 aromatic heterocycles. The van der Waals surface area contributed by atoms with Gasteiger partial charge in [0.15, 0.2) is 26.4 Å². The van der Waals surface area contributed by atoms with Crippen molar-refractivity contribution in [1.82, 2.24) is 24.5 Å². The van der Waals surface area contributed by atoms with Gasteiger partial charge in [0.2, 0.25) is 9.67 Å². The number of aryl methyl sites for hydroxylation is 1. The maximum absolute atomic E-state index is 13.1. The number of oxime groups is 1. The van der Waals surface area contributed by atoms with Gasteiger partial charge in [-0.3, -0.25) is 0 Å². The molecule has 23 heteroatoms. The second-order valence-electron chi connectivity index (χ2n) is 9.47. The van der Waals surface area contributed by atoms with Crippen LogP contribution in [-0.4, -0.2) is 61.3 Å². The van der Waals surface area contributed by atoms with E-state index in [0.29, 0.717) is 9.70 Å². The highest BCUT2D eigenvalue weighted by Gasteiger charge is 2.43. The largest absolute Gasteiger partial charge is 0.475 e. The summed E-state index contributed by atoms with van der Waals surface area (Å²) in [4.78, 5) is 19.5. The third-order valence-corrected chi connectivity index (χ3v) is 8.06. The average Bonchev–Trinajstić information content (AvgIpc) is 3.56. The number of sulfone groups is 1. The summed E-state index contributed by atoms with van der Waals surface area (Å²) < 4.78 is 92.5. The van der Waals surface area contributed by atoms with Crippen LogP contribution in [0.5, 0.6) is 5.88 Å². The summed E-state index contributed by atoms with van der Waals surface area (Å²) in [6.45, 7) is -0.380. The second kappa shape index (κ2) is 13.2. The molecule has 0 unspecified atom stereocenters. The van der Waals surface area contributed by atoms with Crippen molar-refractivity contribution < 1.29 is 49.8 Å². The number of ether oxygens (including phenoxy) is 1. The first kappa shape index (κ1) is 36.8. The van der Waals surface area contributed by atoms with Gasteiger partial charge in [-0.2, -0.15) is 27.1 Å². The maximum atomic E-state index is 13.1. The zero-order valence-electron chi connectivity index (χ0n) is 22.6. The van der Waals surface area contributed by atoms with Crippen molar-refractivity contribution in [2.75, 3.05) is 0 Å². The van der Waals surface area contributed by atoms with Gasteiger partial charge in [-0.1, -0.05) is 63.2 Å². The molecule has 0 spiro atoms. The molecule has 0 amide bonds. The lowest BCUT2D eigenvalue weighted by Crippen LogP contribution is -2.24. The van der Waals surface area contributed by atoms with E-state index in [9.17, 15) is 35.2 Å². The van der Waals surface area contributed by atoms with Gasteiger partial charge in [-0.05, 0) is 32.0 Å². The van der Waals surface area contributed by atoms with Crippen LogP contribution in [0.1, 0.15) is 48.0 Å². The normalized spacial score (nSPS) is 14.9. The first-order valence-corrected chi connectivity index (χ1v) is 15.3. The predicted molar refractivity (Wildman–Crippen MR) is 152 cm³/mol. The number of nitrogens with zero attached hydrogens (tertiary/aromatic N) is 6. The van der Waals surface area contributed by atoms with Gasteiger partial charge in [0.05, 0.1) is 22.0 Å². The molecule has 0 bridgehead atoms. The van der Waals surface area contributed by atoms with Crippen molar-refractivity contribution in [2.45, 2.75) is 48.2 Å². The molecule has 3 aromatic rings. The van der Waals surface area contributed by atoms with Crippen LogP contribution in [0.15, 0.2) is 23.4 Å². The summed E-state index contributed by atoms with van der Waals surface area (Å²) in [5, 5.41) is 19.3. The van der Waals surface area contributed by atoms with E-state index < -0.39 is 71.7 Å². The molecule has 0 fully saturated rings. The van der Waals surface area contributed by atoms with Gasteiger partial charge in [0, 0.05) is 18.5 Å². The Morgan fingerprint density at radius 2 is 1.80 bits per heavy atom. The Bertz CT molecular complexity index is 1740. The van der Waals surface area contributed by atoms with E-state index in [0.717, 1.165) is 11.7 Å². The smallest absolute Gasteiger partial charge is 0.435 e. The topological polar surface area (TPSA) is 151 Å². The Hall–Kier alpha value is -2.64. The fraction of sp³-hybridized carbons (Fsp3) is 0.409. The molecule has 1 aliphatic heterocycles. The van der Waals surface area contributed by atoms with E-state index in [4.69, 9.17) is 67.9 Å². The van der Waals surface area contributed by atoms with E-state index in [1.54, 1.807) is 0 Å². The Labute approximate surface area is 275 Å². The summed E-state index contributed by atoms with van der Waals surface area (Å²) in [5.41, 5.74) is -3.28. The number of benzene rings is 1. The quantitative estimate of drug-likeness (QED) is 0.217. The van der Waals surface area contributed by atoms with E-state index in [-0.39, 0.29) is 23.0 Å². The summed E-state index contributed by atoms with van der Waals surface area (Å²) in [5.74, 6) is -4.30. The number of halogens is 10. The number of hydrogen-bond donors (Lipinski definition) is 1. The molecule has 0 aliphatic carbocycles. The van der Waals surface area contributed by atoms with Crippen molar-refractivity contribution in [1.29, 1.82) is 0 Å². The van der Waals surface area contributed by atoms with E-state index >= 15 is 0 Å². The minimum absolute atomic E-state index is 0.165. The highest BCUT2D eigenvalue weighted by atomic mass is 35.6. The second-order valence-corrected chi connectivity index (χ2v) is 14.6. The van der Waals surface area contributed by atoms with E-state index in [1.165, 1.54) is 32.0 Å². The fourth-order valence-electron chi connectivity index (χ4n) is 3.59. The fourth-order valence-corrected chi connectivity index (χ4v) is 5.97. The van der Waals surface area contributed by atoms with Crippen LogP contribution in [0.25, 0.3) is 5.69 Å². The summed E-state index contributed by atoms with van der Waals surface area (Å²) in [6, 6.07) is 4.49. The third-order valence-electron chi connectivity index (χ3n) is 5.41. The number of carboxylic acids is 1. The first-order valence-electron chi connectivity index (χ1n) is 11.7. The predicted octanol–water partition coefficient (Wildman–Crippen LogP) is 6.57. The van der Waals surface area contributed by atoms with Crippen LogP contribution in [-0.2, 0) is 37.4 Å². The number of aromatic carboxylic acids is 1. The van der Waals surface area contributed by atoms with Gasteiger partial charge >= 0.3 is 18.8 Å². The lowest BCUT2D eigenvalue weighted by atomic mass is 10.1. The molecule has 45 heavy (non-hydrogen) atoms. The van der Waals surface area contributed by atoms with Crippen molar-refractivity contribution in [3.05, 3.63) is 51.2 Å². The van der Waals surface area contributed by atoms with Crippen molar-refractivity contribution >= 4 is 78.9 Å². The van der Waals surface area contributed by atoms with E-state index in [2.05, 4.69) is 25.1 Å². The molecule has 0 atom stereocenters. The molecule has 0 saturated heterocycles. The number of aromatic nitrogens is 5. The minimum atomic E-state index is -5.06. The van der Waals surface area contributed by atoms with Crippen molar-refractivity contribution in [3.8, 4) is 11.6 Å². The van der Waals surface area contributed by atoms with Gasteiger partial charge in [0.1, 0.15) is 5.60 Å². The van der Waals surface area contributed by atoms with Crippen LogP contribution >= 0.6 is 58.0 Å². The Morgan fingerprint density at radius 3 is 2.27 bits per heavy atom. The standard InChI is InChI=1S/C12H14F5N3O4S.C10H4Cl5N3O2/c1-11(2)4-7(19-24-11)25(21,22)5-6-8(12(15,16)17)18-20(3)9(6)23-10(13)14;11-4-1-2-6(5(12)3-4)18-9(10(13,14)15)16-7(17-18)8(19)20/h10H,4-5H2,1-3H3;1-3H,(H,19,20). The molecule has 1 aliphatic rings. The summed E-state index contributed by atoms with van der Waals surface area (Å²) in [6.07, 6.45) is -5.22. The molecule has 3 heterocycles. The van der Waals surface area contributed by atoms with Crippen LogP contribution < -0.4 is 4.74 Å². The molecular formula is C22H18Cl5F5N6O6S. The Morgan fingerprint density at radius 1 is 1.18 bits per heavy atom. The van der Waals surface area contributed by atoms with E-state index in [1.807, 2.05) is 0 Å². The number of rotatable bonds is 6. The van der Waals surface area contributed by atoms with Crippen LogP contribution in [0, 0.1) is 0 Å². The summed E-state index contributed by atoms with van der Waals surface area (Å²) in [7, 11) is -3.43. The van der Waals surface area contributed by atoms with Crippen LogP contribution in [0.2, 0.25) is 10.0 Å². The highest BCUT2D eigenvalue weighted by Crippen LogP contribution is 2.40. The van der Waals surface area contributed by atoms with Crippen molar-refractivity contribution in [2.24, 2.45) is 12.2 Å². The molecule has 248 valence electrons. The Kier molecular flexibility index (Phi) is 10.8. The molecule has 1 aromatic carbocycles. The highest BCUT2D eigenvalue weighted by molar-refractivity contribution is 8.05. The van der Waals surface area contributed by atoms with Crippen LogP contribution in [0.3, 0.4) is 0 Å².